The van der Waals surface area contributed by atoms with Crippen LogP contribution in [0.25, 0.3) is 0 Å². The molecule has 0 radical (unpaired) electrons. The van der Waals surface area contributed by atoms with E-state index in [-0.39, 0.29) is 16.8 Å². The van der Waals surface area contributed by atoms with Crippen molar-refractivity contribution in [3.05, 3.63) is 17.5 Å². The van der Waals surface area contributed by atoms with Crippen molar-refractivity contribution in [3.63, 3.8) is 0 Å². The van der Waals surface area contributed by atoms with E-state index in [2.05, 4.69) is 25.9 Å². The zero-order valence-corrected chi connectivity index (χ0v) is 7.85. The Balaban J connectivity index is 3.24. The predicted octanol–water partition coefficient (Wildman–Crippen LogP) is 1.97. The van der Waals surface area contributed by atoms with Gasteiger partial charge in [-0.05, 0) is 0 Å². The lowest BCUT2D eigenvalue weighted by Crippen LogP contribution is -2.13. The highest BCUT2D eigenvalue weighted by molar-refractivity contribution is 9.08. The monoisotopic (exact) mass is 255 g/mol. The number of anilines is 1. The van der Waals surface area contributed by atoms with Crippen LogP contribution in [0, 0.1) is 0 Å². The first-order valence-electron chi connectivity index (χ1n) is 3.19. The van der Waals surface area contributed by atoms with Crippen LogP contribution in [0.5, 0.6) is 0 Å². The number of alkyl halides is 4. The van der Waals surface area contributed by atoms with Crippen LogP contribution in [0.1, 0.15) is 11.3 Å². The number of hydrogen-bond acceptors (Lipinski definition) is 3. The average Bonchev–Trinajstić information content (AvgIpc) is 2.03. The number of halogens is 4. The molecular weight excluding hydrogens is 251 g/mol. The van der Waals surface area contributed by atoms with Crippen molar-refractivity contribution in [2.45, 2.75) is 11.5 Å². The van der Waals surface area contributed by atoms with Gasteiger partial charge in [0.25, 0.3) is 0 Å². The number of nitrogen functional groups attached to an aromatic ring is 1. The van der Waals surface area contributed by atoms with E-state index in [9.17, 15) is 13.2 Å². The summed E-state index contributed by atoms with van der Waals surface area (Å²) in [6.07, 6.45) is -3.43. The highest BCUT2D eigenvalue weighted by atomic mass is 79.9. The Labute approximate surface area is 80.3 Å². The molecule has 7 heteroatoms. The minimum atomic E-state index is -4.49. The molecule has 0 aliphatic heterocycles. The van der Waals surface area contributed by atoms with E-state index < -0.39 is 11.9 Å². The van der Waals surface area contributed by atoms with Crippen molar-refractivity contribution in [1.82, 2.24) is 9.97 Å². The number of nitrogens with two attached hydrogens (primary N) is 1. The summed E-state index contributed by atoms with van der Waals surface area (Å²) in [6.45, 7) is 0. The Bertz CT molecular complexity index is 312. The average molecular weight is 256 g/mol. The molecule has 1 heterocycles. The first kappa shape index (κ1) is 10.2. The van der Waals surface area contributed by atoms with Crippen LogP contribution in [0.4, 0.5) is 19.1 Å². The molecule has 0 fully saturated rings. The van der Waals surface area contributed by atoms with E-state index in [0.717, 1.165) is 6.20 Å². The van der Waals surface area contributed by atoms with Crippen LogP contribution in [-0.2, 0) is 11.5 Å². The molecule has 0 unspecified atom stereocenters. The Hall–Kier alpha value is -0.850. The molecule has 1 aromatic rings. The third-order valence-electron chi connectivity index (χ3n) is 1.30. The van der Waals surface area contributed by atoms with Gasteiger partial charge in [0.05, 0.1) is 0 Å². The van der Waals surface area contributed by atoms with Gasteiger partial charge in [-0.15, -0.1) is 0 Å². The maximum Gasteiger partial charge on any atom is 0.433 e. The fourth-order valence-corrected chi connectivity index (χ4v) is 1.17. The maximum atomic E-state index is 12.2. The first-order chi connectivity index (χ1) is 5.95. The normalized spacial score (nSPS) is 11.7. The molecule has 0 atom stereocenters. The smallest absolute Gasteiger partial charge is 0.368 e. The minimum Gasteiger partial charge on any atom is -0.368 e. The highest BCUT2D eigenvalue weighted by Crippen LogP contribution is 2.31. The summed E-state index contributed by atoms with van der Waals surface area (Å²) in [6, 6.07) is 0. The Morgan fingerprint density at radius 3 is 2.54 bits per heavy atom. The third-order valence-corrected chi connectivity index (χ3v) is 1.90. The molecule has 1 rings (SSSR count). The predicted molar refractivity (Wildman–Crippen MR) is 44.1 cm³/mol. The van der Waals surface area contributed by atoms with Gasteiger partial charge in [0.1, 0.15) is 0 Å². The SMILES string of the molecule is Nc1ncc(CBr)c(C(F)(F)F)n1. The number of nitrogens with zero attached hydrogens (tertiary/aromatic N) is 2. The maximum absolute atomic E-state index is 12.2. The van der Waals surface area contributed by atoms with Crippen molar-refractivity contribution in [1.29, 1.82) is 0 Å². The molecule has 2 N–H and O–H groups in total. The van der Waals surface area contributed by atoms with Crippen molar-refractivity contribution in [2.75, 3.05) is 5.73 Å². The number of aromatic nitrogens is 2. The molecule has 0 saturated heterocycles. The van der Waals surface area contributed by atoms with Gasteiger partial charge in [0.2, 0.25) is 5.95 Å². The zero-order valence-electron chi connectivity index (χ0n) is 6.27. The van der Waals surface area contributed by atoms with Gasteiger partial charge >= 0.3 is 6.18 Å². The topological polar surface area (TPSA) is 51.8 Å². The van der Waals surface area contributed by atoms with E-state index in [4.69, 9.17) is 5.73 Å². The zero-order chi connectivity index (χ0) is 10.1. The third kappa shape index (κ3) is 2.30. The van der Waals surface area contributed by atoms with E-state index in [1.807, 2.05) is 0 Å². The summed E-state index contributed by atoms with van der Waals surface area (Å²) in [5, 5.41) is 0.0438. The standard InChI is InChI=1S/C6H5BrF3N3/c7-1-3-2-12-5(11)13-4(3)6(8,9)10/h2H,1H2,(H2,11,12,13). The van der Waals surface area contributed by atoms with Crippen LogP contribution in [0.3, 0.4) is 0 Å². The second kappa shape index (κ2) is 3.49. The summed E-state index contributed by atoms with van der Waals surface area (Å²) < 4.78 is 36.7. The summed E-state index contributed by atoms with van der Waals surface area (Å²) in [5.41, 5.74) is 4.03. The van der Waals surface area contributed by atoms with Crippen molar-refractivity contribution in [2.24, 2.45) is 0 Å². The Kier molecular flexibility index (Phi) is 2.74. The van der Waals surface area contributed by atoms with Gasteiger partial charge < -0.3 is 5.73 Å². The van der Waals surface area contributed by atoms with E-state index in [1.165, 1.54) is 0 Å². The molecule has 72 valence electrons. The fraction of sp³-hybridized carbons (Fsp3) is 0.333. The first-order valence-corrected chi connectivity index (χ1v) is 4.32. The largest absolute Gasteiger partial charge is 0.433 e. The van der Waals surface area contributed by atoms with Gasteiger partial charge in [0, 0.05) is 17.1 Å². The van der Waals surface area contributed by atoms with Crippen LogP contribution >= 0.6 is 15.9 Å². The molecule has 0 bridgehead atoms. The molecule has 0 saturated carbocycles. The Morgan fingerprint density at radius 2 is 2.08 bits per heavy atom. The van der Waals surface area contributed by atoms with Crippen LogP contribution in [0.15, 0.2) is 6.20 Å². The second-order valence-electron chi connectivity index (χ2n) is 2.23. The molecule has 0 aliphatic rings. The van der Waals surface area contributed by atoms with Gasteiger partial charge in [-0.2, -0.15) is 13.2 Å². The lowest BCUT2D eigenvalue weighted by Gasteiger charge is -2.09. The molecular formula is C6H5BrF3N3. The number of rotatable bonds is 1. The summed E-state index contributed by atoms with van der Waals surface area (Å²) in [4.78, 5) is 6.59. The molecule has 3 nitrogen and oxygen atoms in total. The molecule has 0 spiro atoms. The molecule has 1 aromatic heterocycles. The van der Waals surface area contributed by atoms with E-state index in [1.54, 1.807) is 0 Å². The minimum absolute atomic E-state index is 0.0262. The van der Waals surface area contributed by atoms with E-state index >= 15 is 0 Å². The quantitative estimate of drug-likeness (QED) is 0.781. The van der Waals surface area contributed by atoms with Crippen molar-refractivity contribution in [3.8, 4) is 0 Å². The molecule has 0 aromatic carbocycles. The van der Waals surface area contributed by atoms with Gasteiger partial charge in [-0.25, -0.2) is 9.97 Å². The van der Waals surface area contributed by atoms with Crippen LogP contribution < -0.4 is 5.73 Å². The molecule has 13 heavy (non-hydrogen) atoms. The molecule has 0 amide bonds. The van der Waals surface area contributed by atoms with Crippen LogP contribution in [-0.4, -0.2) is 9.97 Å². The van der Waals surface area contributed by atoms with Gasteiger partial charge in [-0.1, -0.05) is 15.9 Å². The van der Waals surface area contributed by atoms with Crippen molar-refractivity contribution >= 4 is 21.9 Å². The van der Waals surface area contributed by atoms with Crippen LogP contribution in [0.2, 0.25) is 0 Å². The van der Waals surface area contributed by atoms with E-state index in [0.29, 0.717) is 0 Å². The number of hydrogen-bond donors (Lipinski definition) is 1. The summed E-state index contributed by atoms with van der Waals surface area (Å²) >= 11 is 2.90. The summed E-state index contributed by atoms with van der Waals surface area (Å²) in [5.74, 6) is -0.378. The lowest BCUT2D eigenvalue weighted by molar-refractivity contribution is -0.141. The summed E-state index contributed by atoms with van der Waals surface area (Å²) in [7, 11) is 0. The van der Waals surface area contributed by atoms with Crippen molar-refractivity contribution < 1.29 is 13.2 Å². The van der Waals surface area contributed by atoms with Gasteiger partial charge in [0.15, 0.2) is 5.69 Å². The highest BCUT2D eigenvalue weighted by Gasteiger charge is 2.35. The fourth-order valence-electron chi connectivity index (χ4n) is 0.764. The second-order valence-corrected chi connectivity index (χ2v) is 2.79. The lowest BCUT2D eigenvalue weighted by atomic mass is 10.2. The molecule has 0 aliphatic carbocycles. The Morgan fingerprint density at radius 1 is 1.46 bits per heavy atom. The van der Waals surface area contributed by atoms with Gasteiger partial charge in [-0.3, -0.25) is 0 Å².